The van der Waals surface area contributed by atoms with Gasteiger partial charge in [0.05, 0.1) is 37.5 Å². The minimum Gasteiger partial charge on any atom is -0.496 e. The number of carbonyl (C=O) groups is 2. The fourth-order valence-electron chi connectivity index (χ4n) is 11.6. The Morgan fingerprint density at radius 1 is 0.941 bits per heavy atom. The number of rotatable bonds is 23. The lowest BCUT2D eigenvalue weighted by Crippen LogP contribution is -2.70. The number of allylic oxidation sites excluding steroid dienone is 1. The zero-order chi connectivity index (χ0) is 47.5. The van der Waals surface area contributed by atoms with Crippen LogP contribution in [0.4, 0.5) is 4.39 Å². The fourth-order valence-corrected chi connectivity index (χ4v) is 11.6. The number of ether oxygens (including phenoxy) is 5. The van der Waals surface area contributed by atoms with Crippen molar-refractivity contribution in [2.45, 2.75) is 133 Å². The third-order valence-electron chi connectivity index (χ3n) is 14.8. The summed E-state index contributed by atoms with van der Waals surface area (Å²) < 4.78 is 47.1. The molecule has 3 aromatic carbocycles. The topological polar surface area (TPSA) is 146 Å². The monoisotopic (exact) mass is 936 g/mol. The number of fused-ring (bicyclic) bond motifs is 2. The summed E-state index contributed by atoms with van der Waals surface area (Å²) in [5.74, 6) is -0.177. The first-order valence-corrected chi connectivity index (χ1v) is 25.0. The van der Waals surface area contributed by atoms with Crippen LogP contribution in [0.5, 0.6) is 23.0 Å². The lowest BCUT2D eigenvalue weighted by atomic mass is 9.55. The minimum absolute atomic E-state index is 0.00698. The molecule has 7 atom stereocenters. The van der Waals surface area contributed by atoms with E-state index in [-0.39, 0.29) is 62.3 Å². The van der Waals surface area contributed by atoms with Crippen molar-refractivity contribution in [1.82, 2.24) is 4.90 Å². The zero-order valence-electron chi connectivity index (χ0n) is 39.5. The van der Waals surface area contributed by atoms with Crippen molar-refractivity contribution in [2.75, 3.05) is 33.5 Å². The van der Waals surface area contributed by atoms with Crippen LogP contribution in [0.3, 0.4) is 0 Å². The van der Waals surface area contributed by atoms with E-state index < -0.39 is 24.0 Å². The molecule has 5 aliphatic rings. The second-order valence-corrected chi connectivity index (χ2v) is 19.1. The Morgan fingerprint density at radius 2 is 1.69 bits per heavy atom. The lowest BCUT2D eigenvalue weighted by molar-refractivity contribution is -0.258. The van der Waals surface area contributed by atoms with E-state index in [0.29, 0.717) is 72.5 Å². The van der Waals surface area contributed by atoms with Gasteiger partial charge in [-0.1, -0.05) is 68.0 Å². The van der Waals surface area contributed by atoms with Crippen molar-refractivity contribution in [1.29, 1.82) is 0 Å². The largest absolute Gasteiger partial charge is 0.496 e. The van der Waals surface area contributed by atoms with Gasteiger partial charge >= 0.3 is 0 Å². The van der Waals surface area contributed by atoms with Gasteiger partial charge in [0.1, 0.15) is 34.9 Å². The van der Waals surface area contributed by atoms with Crippen LogP contribution in [0.25, 0.3) is 0 Å². The Kier molecular flexibility index (Phi) is 17.0. The predicted molar refractivity (Wildman–Crippen MR) is 256 cm³/mol. The summed E-state index contributed by atoms with van der Waals surface area (Å²) in [6.07, 6.45) is 17.1. The third-order valence-corrected chi connectivity index (χ3v) is 14.8. The number of carbonyl (C=O) groups excluding carboxylic acids is 2. The molecule has 2 heterocycles. The number of aliphatic hydroxyl groups is 2. The number of oxime groups is 1. The van der Waals surface area contributed by atoms with Crippen LogP contribution in [0.1, 0.15) is 130 Å². The molecule has 13 heteroatoms. The van der Waals surface area contributed by atoms with Crippen LogP contribution in [0.2, 0.25) is 0 Å². The maximum Gasteiger partial charge on any atom is 0.239 e. The first kappa shape index (κ1) is 49.3. The quantitative estimate of drug-likeness (QED) is 0.0408. The second kappa shape index (κ2) is 23.5. The molecule has 12 nitrogen and oxygen atoms in total. The molecule has 0 spiro atoms. The molecule has 3 fully saturated rings. The van der Waals surface area contributed by atoms with Crippen molar-refractivity contribution in [2.24, 2.45) is 28.8 Å². The first-order valence-electron chi connectivity index (χ1n) is 25.0. The van der Waals surface area contributed by atoms with Crippen LogP contribution < -0.4 is 14.2 Å². The number of amides is 1. The van der Waals surface area contributed by atoms with Gasteiger partial charge in [-0.15, -0.1) is 6.58 Å². The van der Waals surface area contributed by atoms with Crippen LogP contribution in [0.15, 0.2) is 90.1 Å². The van der Waals surface area contributed by atoms with E-state index in [0.717, 1.165) is 80.8 Å². The first-order chi connectivity index (χ1) is 33.3. The van der Waals surface area contributed by atoms with Crippen LogP contribution in [0, 0.1) is 29.5 Å². The normalized spacial score (nSPS) is 25.9. The highest BCUT2D eigenvalue weighted by Gasteiger charge is 2.65. The van der Waals surface area contributed by atoms with Crippen LogP contribution >= 0.6 is 0 Å². The van der Waals surface area contributed by atoms with Crippen LogP contribution in [-0.2, 0) is 25.7 Å². The molecule has 0 bridgehead atoms. The average Bonchev–Trinajstić information content (AvgIpc) is 3.90. The van der Waals surface area contributed by atoms with Crippen LogP contribution in [-0.4, -0.2) is 84.7 Å². The summed E-state index contributed by atoms with van der Waals surface area (Å²) >= 11 is 0. The number of hydrogen-bond acceptors (Lipinski definition) is 11. The van der Waals surface area contributed by atoms with Gasteiger partial charge in [-0.05, 0) is 122 Å². The van der Waals surface area contributed by atoms with Gasteiger partial charge < -0.3 is 43.6 Å². The van der Waals surface area contributed by atoms with E-state index in [1.807, 2.05) is 23.1 Å². The number of aliphatic hydroxyl groups excluding tert-OH is 2. The molecule has 2 N–H and O–H groups in total. The van der Waals surface area contributed by atoms with Gasteiger partial charge in [-0.3, -0.25) is 9.59 Å². The Bertz CT molecular complexity index is 2240. The highest BCUT2D eigenvalue weighted by molar-refractivity contribution is 6.03. The lowest BCUT2D eigenvalue weighted by Gasteiger charge is -2.60. The molecule has 0 radical (unpaired) electrons. The number of unbranched alkanes of at least 4 members (excludes halogenated alkanes) is 2. The molecule has 3 aliphatic carbocycles. The maximum atomic E-state index is 15.2. The Morgan fingerprint density at radius 3 is 2.41 bits per heavy atom. The molecule has 0 aromatic heterocycles. The molecule has 1 saturated heterocycles. The van der Waals surface area contributed by atoms with Gasteiger partial charge in [0, 0.05) is 50.5 Å². The van der Waals surface area contributed by atoms with Gasteiger partial charge in [0.2, 0.25) is 18.0 Å². The van der Waals surface area contributed by atoms with E-state index in [4.69, 9.17) is 33.7 Å². The highest BCUT2D eigenvalue weighted by atomic mass is 19.1. The van der Waals surface area contributed by atoms with Gasteiger partial charge in [-0.25, -0.2) is 4.39 Å². The summed E-state index contributed by atoms with van der Waals surface area (Å²) in [5, 5.41) is 25.1. The average molecular weight is 937 g/mol. The summed E-state index contributed by atoms with van der Waals surface area (Å²) in [5.41, 5.74) is 3.63. The van der Waals surface area contributed by atoms with E-state index in [2.05, 4.69) is 12.7 Å². The molecule has 2 aliphatic heterocycles. The number of aldehydes is 1. The molecule has 366 valence electrons. The Hall–Kier alpha value is -5.08. The number of halogens is 1. The molecule has 68 heavy (non-hydrogen) atoms. The number of methoxy groups -OCH3 is 1. The summed E-state index contributed by atoms with van der Waals surface area (Å²) in [4.78, 5) is 35.5. The molecular formula is C55H69FN2O10. The van der Waals surface area contributed by atoms with Crippen molar-refractivity contribution in [3.63, 3.8) is 0 Å². The van der Waals surface area contributed by atoms with Crippen molar-refractivity contribution in [3.8, 4) is 23.0 Å². The van der Waals surface area contributed by atoms with Gasteiger partial charge in [0.25, 0.3) is 0 Å². The van der Waals surface area contributed by atoms with Crippen molar-refractivity contribution in [3.05, 3.63) is 107 Å². The standard InChI is InChI=1S/C55H69FN2O10/c1-3-29-65-55-50(58(35-38-17-20-41(56)21-18-38)51(62)26-19-37-12-4-5-13-37)34-47(57-68-52-16-8-11-30-64-52)45-32-39(14-6-9-27-59)44(15-7-10-28-60)53(54(45)55)46-33-43(23-25-49(46)67-55)66-42-22-24-48(63-2)40(31-42)36-61/h3,17-18,20-25,31-33,36-37,39,44,50,52-54,59-60H,1,4-16,19,26-30,34-35H2,2H3/t39-,44+,50-,52?,53+,54+,55+/m0/s1. The van der Waals surface area contributed by atoms with Gasteiger partial charge in [-0.2, -0.15) is 0 Å². The molecule has 8 rings (SSSR count). The SMILES string of the molecule is C=CCO[C@@]12Oc3ccc(Oc4ccc(OC)c(C=O)c4)cc3[C@H]3[C@H](CCCCO)[C@@H](CCCCO)C=C(C(=NOC4CCCCO4)C[C@@H]1N(Cc1ccc(F)cc1)C(=O)CCC1CCCC1)[C@H]32. The maximum absolute atomic E-state index is 15.2. The molecular weight excluding hydrogens is 868 g/mol. The summed E-state index contributed by atoms with van der Waals surface area (Å²) in [6, 6.07) is 16.5. The number of benzene rings is 3. The Labute approximate surface area is 400 Å². The third kappa shape index (κ3) is 11.2. The number of nitrogens with zero attached hydrogens (tertiary/aromatic N) is 2. The zero-order valence-corrected chi connectivity index (χ0v) is 39.5. The molecule has 1 amide bonds. The van der Waals surface area contributed by atoms with Crippen molar-refractivity contribution < 1.29 is 52.7 Å². The Balaban J connectivity index is 1.32. The summed E-state index contributed by atoms with van der Waals surface area (Å²) in [7, 11) is 1.52. The molecule has 2 saturated carbocycles. The van der Waals surface area contributed by atoms with E-state index in [1.54, 1.807) is 36.4 Å². The van der Waals surface area contributed by atoms with Gasteiger partial charge in [0.15, 0.2) is 6.29 Å². The van der Waals surface area contributed by atoms with Crippen molar-refractivity contribution >= 4 is 17.9 Å². The van der Waals surface area contributed by atoms with E-state index in [1.165, 1.54) is 32.1 Å². The van der Waals surface area contributed by atoms with E-state index in [9.17, 15) is 19.4 Å². The highest BCUT2D eigenvalue weighted by Crippen LogP contribution is 2.62. The number of hydrogen-bond donors (Lipinski definition) is 2. The predicted octanol–water partition coefficient (Wildman–Crippen LogP) is 10.6. The van der Waals surface area contributed by atoms with E-state index >= 15 is 4.79 Å². The minimum atomic E-state index is -1.47. The summed E-state index contributed by atoms with van der Waals surface area (Å²) in [6.45, 7) is 5.11. The molecule has 1 unspecified atom stereocenters. The fraction of sp³-hybridized carbons (Fsp3) is 0.545. The smallest absolute Gasteiger partial charge is 0.239 e. The molecule has 3 aromatic rings. The second-order valence-electron chi connectivity index (χ2n) is 19.1.